The molecule has 1 saturated carbocycles. The number of benzene rings is 1. The third kappa shape index (κ3) is 2.76. The van der Waals surface area contributed by atoms with Gasteiger partial charge in [0.2, 0.25) is 0 Å². The van der Waals surface area contributed by atoms with Gasteiger partial charge in [-0.05, 0) is 56.4 Å². The van der Waals surface area contributed by atoms with E-state index in [1.165, 1.54) is 11.1 Å². The van der Waals surface area contributed by atoms with Gasteiger partial charge in [-0.1, -0.05) is 12.5 Å². The fraction of sp³-hybridized carbons (Fsp3) is 0.571. The van der Waals surface area contributed by atoms with Crippen molar-refractivity contribution in [1.82, 2.24) is 0 Å². The summed E-state index contributed by atoms with van der Waals surface area (Å²) < 4.78 is 5.88. The second kappa shape index (κ2) is 4.88. The first-order chi connectivity index (χ1) is 7.65. The van der Waals surface area contributed by atoms with Crippen LogP contribution in [-0.2, 0) is 0 Å². The molecular formula is C14H20O2. The zero-order valence-electron chi connectivity index (χ0n) is 10.1. The standard InChI is InChI=1S/C14H20O2/c1-10-7-11(2)9-12(8-10)16-14-6-4-3-5-13(14)15/h7-9,13-15H,3-6H2,1-2H3/t13-,14-/m1/s1. The normalized spacial score (nSPS) is 25.4. The van der Waals surface area contributed by atoms with Crippen molar-refractivity contribution in [3.8, 4) is 5.75 Å². The lowest BCUT2D eigenvalue weighted by Crippen LogP contribution is -2.34. The third-order valence-corrected chi connectivity index (χ3v) is 3.15. The van der Waals surface area contributed by atoms with Gasteiger partial charge in [-0.3, -0.25) is 0 Å². The van der Waals surface area contributed by atoms with Crippen molar-refractivity contribution in [2.45, 2.75) is 51.7 Å². The zero-order valence-corrected chi connectivity index (χ0v) is 10.1. The summed E-state index contributed by atoms with van der Waals surface area (Å²) in [5.41, 5.74) is 2.42. The molecule has 0 radical (unpaired) electrons. The predicted octanol–water partition coefficient (Wildman–Crippen LogP) is 2.99. The molecule has 1 aliphatic carbocycles. The maximum Gasteiger partial charge on any atom is 0.124 e. The number of ether oxygens (including phenoxy) is 1. The van der Waals surface area contributed by atoms with Crippen molar-refractivity contribution in [2.24, 2.45) is 0 Å². The maximum atomic E-state index is 9.84. The van der Waals surface area contributed by atoms with Crippen LogP contribution < -0.4 is 4.74 Å². The number of hydrogen-bond donors (Lipinski definition) is 1. The molecule has 0 aromatic heterocycles. The fourth-order valence-electron chi connectivity index (χ4n) is 2.39. The Morgan fingerprint density at radius 2 is 1.69 bits per heavy atom. The lowest BCUT2D eigenvalue weighted by Gasteiger charge is -2.28. The van der Waals surface area contributed by atoms with Gasteiger partial charge in [0.1, 0.15) is 11.9 Å². The summed E-state index contributed by atoms with van der Waals surface area (Å²) in [5.74, 6) is 0.892. The van der Waals surface area contributed by atoms with Crippen molar-refractivity contribution >= 4 is 0 Å². The average Bonchev–Trinajstić information content (AvgIpc) is 2.20. The molecule has 1 N–H and O–H groups in total. The Kier molecular flexibility index (Phi) is 3.49. The third-order valence-electron chi connectivity index (χ3n) is 3.15. The topological polar surface area (TPSA) is 29.5 Å². The van der Waals surface area contributed by atoms with E-state index in [0.29, 0.717) is 0 Å². The molecule has 1 aromatic rings. The Balaban J connectivity index is 2.07. The first-order valence-electron chi connectivity index (χ1n) is 6.08. The van der Waals surface area contributed by atoms with Crippen LogP contribution in [0.25, 0.3) is 0 Å². The molecule has 0 bridgehead atoms. The van der Waals surface area contributed by atoms with Crippen LogP contribution in [0.4, 0.5) is 0 Å². The summed E-state index contributed by atoms with van der Waals surface area (Å²) in [4.78, 5) is 0. The quantitative estimate of drug-likeness (QED) is 0.830. The largest absolute Gasteiger partial charge is 0.488 e. The molecular weight excluding hydrogens is 200 g/mol. The summed E-state index contributed by atoms with van der Waals surface area (Å²) in [6, 6.07) is 6.20. The van der Waals surface area contributed by atoms with Gasteiger partial charge in [0.15, 0.2) is 0 Å². The Morgan fingerprint density at radius 3 is 2.31 bits per heavy atom. The first kappa shape index (κ1) is 11.5. The number of aryl methyl sites for hydroxylation is 2. The van der Waals surface area contributed by atoms with E-state index < -0.39 is 0 Å². The summed E-state index contributed by atoms with van der Waals surface area (Å²) in [5, 5.41) is 9.84. The van der Waals surface area contributed by atoms with Gasteiger partial charge in [-0.25, -0.2) is 0 Å². The highest BCUT2D eigenvalue weighted by molar-refractivity contribution is 5.33. The van der Waals surface area contributed by atoms with Crippen LogP contribution in [0, 0.1) is 13.8 Å². The zero-order chi connectivity index (χ0) is 11.5. The number of hydrogen-bond acceptors (Lipinski definition) is 2. The van der Waals surface area contributed by atoms with Gasteiger partial charge in [-0.15, -0.1) is 0 Å². The molecule has 0 aliphatic heterocycles. The van der Waals surface area contributed by atoms with Gasteiger partial charge >= 0.3 is 0 Å². The van der Waals surface area contributed by atoms with Crippen LogP contribution in [0.1, 0.15) is 36.8 Å². The fourth-order valence-corrected chi connectivity index (χ4v) is 2.39. The molecule has 2 atom stereocenters. The lowest BCUT2D eigenvalue weighted by atomic mass is 9.95. The van der Waals surface area contributed by atoms with Crippen LogP contribution >= 0.6 is 0 Å². The van der Waals surface area contributed by atoms with Crippen molar-refractivity contribution in [3.05, 3.63) is 29.3 Å². The van der Waals surface area contributed by atoms with Crippen molar-refractivity contribution < 1.29 is 9.84 Å². The maximum absolute atomic E-state index is 9.84. The van der Waals surface area contributed by atoms with E-state index in [2.05, 4.69) is 19.9 Å². The summed E-state index contributed by atoms with van der Waals surface area (Å²) in [6.45, 7) is 4.13. The van der Waals surface area contributed by atoms with Crippen LogP contribution in [0.2, 0.25) is 0 Å². The Hall–Kier alpha value is -1.02. The van der Waals surface area contributed by atoms with Crippen LogP contribution in [0.5, 0.6) is 5.75 Å². The van der Waals surface area contributed by atoms with Crippen LogP contribution in [0.3, 0.4) is 0 Å². The highest BCUT2D eigenvalue weighted by Gasteiger charge is 2.24. The predicted molar refractivity (Wildman–Crippen MR) is 64.8 cm³/mol. The van der Waals surface area contributed by atoms with Gasteiger partial charge in [0.25, 0.3) is 0 Å². The molecule has 0 amide bonds. The highest BCUT2D eigenvalue weighted by Crippen LogP contribution is 2.25. The lowest BCUT2D eigenvalue weighted by molar-refractivity contribution is 0.00682. The van der Waals surface area contributed by atoms with Gasteiger partial charge in [0, 0.05) is 0 Å². The first-order valence-corrected chi connectivity index (χ1v) is 6.08. The summed E-state index contributed by atoms with van der Waals surface area (Å²) in [6.07, 6.45) is 3.80. The number of rotatable bonds is 2. The molecule has 0 heterocycles. The van der Waals surface area contributed by atoms with Crippen LogP contribution in [-0.4, -0.2) is 17.3 Å². The molecule has 0 spiro atoms. The molecule has 1 aromatic carbocycles. The van der Waals surface area contributed by atoms with Crippen molar-refractivity contribution in [3.63, 3.8) is 0 Å². The van der Waals surface area contributed by atoms with E-state index in [9.17, 15) is 5.11 Å². The van der Waals surface area contributed by atoms with E-state index in [1.54, 1.807) is 0 Å². The minimum absolute atomic E-state index is 0.0186. The molecule has 2 nitrogen and oxygen atoms in total. The van der Waals surface area contributed by atoms with Crippen LogP contribution in [0.15, 0.2) is 18.2 Å². The number of aliphatic hydroxyl groups is 1. The second-order valence-electron chi connectivity index (χ2n) is 4.83. The van der Waals surface area contributed by atoms with E-state index in [0.717, 1.165) is 31.4 Å². The van der Waals surface area contributed by atoms with E-state index in [4.69, 9.17) is 4.74 Å². The van der Waals surface area contributed by atoms with Gasteiger partial charge < -0.3 is 9.84 Å². The Labute approximate surface area is 97.3 Å². The summed E-state index contributed by atoms with van der Waals surface area (Å²) >= 11 is 0. The van der Waals surface area contributed by atoms with E-state index in [1.807, 2.05) is 12.1 Å². The molecule has 0 saturated heterocycles. The van der Waals surface area contributed by atoms with Crippen molar-refractivity contribution in [2.75, 3.05) is 0 Å². The molecule has 16 heavy (non-hydrogen) atoms. The number of aliphatic hydroxyl groups excluding tert-OH is 1. The monoisotopic (exact) mass is 220 g/mol. The second-order valence-corrected chi connectivity index (χ2v) is 4.83. The smallest absolute Gasteiger partial charge is 0.124 e. The van der Waals surface area contributed by atoms with E-state index in [-0.39, 0.29) is 12.2 Å². The van der Waals surface area contributed by atoms with Gasteiger partial charge in [-0.2, -0.15) is 0 Å². The average molecular weight is 220 g/mol. The molecule has 2 heteroatoms. The summed E-state index contributed by atoms with van der Waals surface area (Å²) in [7, 11) is 0. The Bertz CT molecular complexity index is 340. The van der Waals surface area contributed by atoms with Gasteiger partial charge in [0.05, 0.1) is 6.10 Å². The molecule has 1 aliphatic rings. The van der Waals surface area contributed by atoms with Crippen molar-refractivity contribution in [1.29, 1.82) is 0 Å². The molecule has 2 rings (SSSR count). The minimum Gasteiger partial charge on any atom is -0.488 e. The molecule has 1 fully saturated rings. The SMILES string of the molecule is Cc1cc(C)cc(O[C@@H]2CCCC[C@H]2O)c1. The van der Waals surface area contributed by atoms with E-state index >= 15 is 0 Å². The Morgan fingerprint density at radius 1 is 1.06 bits per heavy atom. The molecule has 88 valence electrons. The minimum atomic E-state index is -0.297. The highest BCUT2D eigenvalue weighted by atomic mass is 16.5. The molecule has 0 unspecified atom stereocenters.